The van der Waals surface area contributed by atoms with Crippen LogP contribution >= 0.6 is 0 Å². The largest absolute Gasteiger partial charge is 0.316 e. The molecule has 2 fully saturated rings. The molecule has 3 heterocycles. The summed E-state index contributed by atoms with van der Waals surface area (Å²) in [5.74, 6) is 1.74. The standard InChI is InChI=1S/C15H17N5O/c21-14(13-12-7-16-5-9(12)6-17-13)10-3-1-2-4-11(10)15-18-8-19-20-15/h1-4,8-9,12-13,16-17H,5-7H2,(H,18,19,20). The molecule has 2 aliphatic rings. The van der Waals surface area contributed by atoms with E-state index in [4.69, 9.17) is 0 Å². The third kappa shape index (κ3) is 2.07. The van der Waals surface area contributed by atoms with Crippen molar-refractivity contribution >= 4 is 5.78 Å². The van der Waals surface area contributed by atoms with E-state index < -0.39 is 0 Å². The van der Waals surface area contributed by atoms with Crippen molar-refractivity contribution in [2.24, 2.45) is 11.8 Å². The lowest BCUT2D eigenvalue weighted by atomic mass is 9.88. The average molecular weight is 283 g/mol. The second kappa shape index (κ2) is 5.05. The lowest BCUT2D eigenvalue weighted by Crippen LogP contribution is -2.38. The average Bonchev–Trinajstić information content (AvgIpc) is 3.23. The van der Waals surface area contributed by atoms with E-state index in [1.165, 1.54) is 6.33 Å². The molecule has 0 spiro atoms. The number of hydrogen-bond acceptors (Lipinski definition) is 5. The maximum Gasteiger partial charge on any atom is 0.180 e. The van der Waals surface area contributed by atoms with Crippen molar-refractivity contribution in [3.05, 3.63) is 36.2 Å². The van der Waals surface area contributed by atoms with E-state index in [1.807, 2.05) is 24.3 Å². The summed E-state index contributed by atoms with van der Waals surface area (Å²) in [5, 5.41) is 13.5. The van der Waals surface area contributed by atoms with Gasteiger partial charge < -0.3 is 10.6 Å². The van der Waals surface area contributed by atoms with E-state index in [9.17, 15) is 4.79 Å². The number of ketones is 1. The first-order valence-corrected chi connectivity index (χ1v) is 7.27. The molecule has 0 amide bonds. The van der Waals surface area contributed by atoms with Crippen LogP contribution < -0.4 is 10.6 Å². The summed E-state index contributed by atoms with van der Waals surface area (Å²) < 4.78 is 0. The van der Waals surface area contributed by atoms with E-state index in [2.05, 4.69) is 25.8 Å². The van der Waals surface area contributed by atoms with Crippen LogP contribution in [0.3, 0.4) is 0 Å². The summed E-state index contributed by atoms with van der Waals surface area (Å²) in [6.45, 7) is 2.84. The number of nitrogens with one attached hydrogen (secondary N) is 3. The topological polar surface area (TPSA) is 82.7 Å². The number of rotatable bonds is 3. The van der Waals surface area contributed by atoms with E-state index >= 15 is 0 Å². The minimum atomic E-state index is -0.103. The third-order valence-electron chi connectivity index (χ3n) is 4.57. The molecule has 0 saturated carbocycles. The third-order valence-corrected chi connectivity index (χ3v) is 4.57. The summed E-state index contributed by atoms with van der Waals surface area (Å²) >= 11 is 0. The van der Waals surface area contributed by atoms with Crippen molar-refractivity contribution in [1.82, 2.24) is 25.8 Å². The molecule has 0 bridgehead atoms. The molecule has 21 heavy (non-hydrogen) atoms. The first-order chi connectivity index (χ1) is 10.3. The number of aromatic nitrogens is 3. The highest BCUT2D eigenvalue weighted by molar-refractivity contribution is 6.05. The van der Waals surface area contributed by atoms with Crippen LogP contribution in [0, 0.1) is 11.8 Å². The van der Waals surface area contributed by atoms with Gasteiger partial charge in [-0.3, -0.25) is 9.89 Å². The Labute approximate surface area is 122 Å². The molecular weight excluding hydrogens is 266 g/mol. The lowest BCUT2D eigenvalue weighted by Gasteiger charge is -2.17. The summed E-state index contributed by atoms with van der Waals surface area (Å²) in [5.41, 5.74) is 1.52. The van der Waals surface area contributed by atoms with Crippen LogP contribution in [-0.4, -0.2) is 46.6 Å². The van der Waals surface area contributed by atoms with Gasteiger partial charge in [-0.25, -0.2) is 4.98 Å². The normalized spacial score (nSPS) is 27.7. The molecule has 6 heteroatoms. The molecule has 4 rings (SSSR count). The number of fused-ring (bicyclic) bond motifs is 1. The van der Waals surface area contributed by atoms with Gasteiger partial charge in [0.05, 0.1) is 6.04 Å². The Morgan fingerprint density at radius 2 is 2.10 bits per heavy atom. The number of Topliss-reactive ketones (excluding diaryl/α,β-unsaturated/α-hetero) is 1. The van der Waals surface area contributed by atoms with Crippen molar-refractivity contribution in [3.8, 4) is 11.4 Å². The molecule has 1 aromatic carbocycles. The van der Waals surface area contributed by atoms with Crippen LogP contribution in [0.4, 0.5) is 0 Å². The number of hydrogen-bond donors (Lipinski definition) is 3. The monoisotopic (exact) mass is 283 g/mol. The molecule has 3 N–H and O–H groups in total. The highest BCUT2D eigenvalue weighted by Gasteiger charge is 2.43. The molecule has 2 saturated heterocycles. The Hall–Kier alpha value is -2.05. The molecule has 2 aromatic rings. The number of carbonyl (C=O) groups excluding carboxylic acids is 1. The molecule has 3 unspecified atom stereocenters. The van der Waals surface area contributed by atoms with Crippen LogP contribution in [0.2, 0.25) is 0 Å². The van der Waals surface area contributed by atoms with Gasteiger partial charge in [0.1, 0.15) is 6.33 Å². The second-order valence-corrected chi connectivity index (χ2v) is 5.71. The molecule has 6 nitrogen and oxygen atoms in total. The van der Waals surface area contributed by atoms with Crippen molar-refractivity contribution in [3.63, 3.8) is 0 Å². The van der Waals surface area contributed by atoms with Gasteiger partial charge in [-0.2, -0.15) is 5.10 Å². The highest BCUT2D eigenvalue weighted by Crippen LogP contribution is 2.30. The van der Waals surface area contributed by atoms with E-state index in [0.717, 1.165) is 25.2 Å². The van der Waals surface area contributed by atoms with Gasteiger partial charge in [0.25, 0.3) is 0 Å². The molecule has 3 atom stereocenters. The van der Waals surface area contributed by atoms with Gasteiger partial charge in [-0.1, -0.05) is 24.3 Å². The Kier molecular flexibility index (Phi) is 3.05. The van der Waals surface area contributed by atoms with Gasteiger partial charge in [0.2, 0.25) is 0 Å². The number of nitrogens with zero attached hydrogens (tertiary/aromatic N) is 2. The van der Waals surface area contributed by atoms with Crippen molar-refractivity contribution < 1.29 is 4.79 Å². The quantitative estimate of drug-likeness (QED) is 0.713. The Balaban J connectivity index is 1.69. The molecule has 0 radical (unpaired) electrons. The lowest BCUT2D eigenvalue weighted by molar-refractivity contribution is 0.0931. The smallest absolute Gasteiger partial charge is 0.180 e. The molecule has 108 valence electrons. The van der Waals surface area contributed by atoms with E-state index in [0.29, 0.717) is 23.2 Å². The fraction of sp³-hybridized carbons (Fsp3) is 0.400. The summed E-state index contributed by atoms with van der Waals surface area (Å²) in [4.78, 5) is 17.1. The fourth-order valence-electron chi connectivity index (χ4n) is 3.49. The van der Waals surface area contributed by atoms with Gasteiger partial charge in [-0.15, -0.1) is 0 Å². The Morgan fingerprint density at radius 1 is 1.19 bits per heavy atom. The predicted molar refractivity (Wildman–Crippen MR) is 77.8 cm³/mol. The van der Waals surface area contributed by atoms with Crippen LogP contribution in [0.25, 0.3) is 11.4 Å². The SMILES string of the molecule is O=C(c1ccccc1-c1ncn[nH]1)C1NCC2CNCC21. The number of aromatic amines is 1. The van der Waals surface area contributed by atoms with Gasteiger partial charge in [0, 0.05) is 24.2 Å². The Morgan fingerprint density at radius 3 is 2.95 bits per heavy atom. The minimum absolute atomic E-state index is 0.103. The highest BCUT2D eigenvalue weighted by atomic mass is 16.1. The van der Waals surface area contributed by atoms with E-state index in [-0.39, 0.29) is 11.8 Å². The van der Waals surface area contributed by atoms with Crippen molar-refractivity contribution in [2.75, 3.05) is 19.6 Å². The van der Waals surface area contributed by atoms with Crippen molar-refractivity contribution in [2.45, 2.75) is 6.04 Å². The maximum absolute atomic E-state index is 13.0. The molecular formula is C15H17N5O. The zero-order valence-corrected chi connectivity index (χ0v) is 11.5. The summed E-state index contributed by atoms with van der Waals surface area (Å²) in [6.07, 6.45) is 1.46. The summed E-state index contributed by atoms with van der Waals surface area (Å²) in [6, 6.07) is 7.49. The second-order valence-electron chi connectivity index (χ2n) is 5.71. The molecule has 0 aliphatic carbocycles. The molecule has 1 aromatic heterocycles. The number of carbonyl (C=O) groups is 1. The first-order valence-electron chi connectivity index (χ1n) is 7.27. The Bertz CT molecular complexity index is 654. The zero-order chi connectivity index (χ0) is 14.2. The molecule has 2 aliphatic heterocycles. The van der Waals surface area contributed by atoms with Crippen LogP contribution in [0.1, 0.15) is 10.4 Å². The van der Waals surface area contributed by atoms with Gasteiger partial charge >= 0.3 is 0 Å². The summed E-state index contributed by atoms with van der Waals surface area (Å²) in [7, 11) is 0. The van der Waals surface area contributed by atoms with Gasteiger partial charge in [-0.05, 0) is 18.4 Å². The fourth-order valence-corrected chi connectivity index (χ4v) is 3.49. The zero-order valence-electron chi connectivity index (χ0n) is 11.5. The van der Waals surface area contributed by atoms with E-state index in [1.54, 1.807) is 0 Å². The maximum atomic E-state index is 13.0. The van der Waals surface area contributed by atoms with Crippen LogP contribution in [0.5, 0.6) is 0 Å². The van der Waals surface area contributed by atoms with Crippen molar-refractivity contribution in [1.29, 1.82) is 0 Å². The number of benzene rings is 1. The van der Waals surface area contributed by atoms with Gasteiger partial charge in [0.15, 0.2) is 11.6 Å². The first kappa shape index (κ1) is 12.7. The predicted octanol–water partition coefficient (Wildman–Crippen LogP) is 0.462. The van der Waals surface area contributed by atoms with Crippen LogP contribution in [-0.2, 0) is 0 Å². The van der Waals surface area contributed by atoms with Crippen LogP contribution in [0.15, 0.2) is 30.6 Å². The minimum Gasteiger partial charge on any atom is -0.316 e. The number of H-pyrrole nitrogens is 1.